The summed E-state index contributed by atoms with van der Waals surface area (Å²) in [5.41, 5.74) is 6.18. The predicted octanol–water partition coefficient (Wildman–Crippen LogP) is 1.87. The van der Waals surface area contributed by atoms with Crippen LogP contribution in [-0.4, -0.2) is 36.6 Å². The van der Waals surface area contributed by atoms with Crippen molar-refractivity contribution in [3.05, 3.63) is 36.0 Å². The van der Waals surface area contributed by atoms with E-state index in [-0.39, 0.29) is 23.3 Å². The second-order valence-electron chi connectivity index (χ2n) is 5.71. The van der Waals surface area contributed by atoms with Gasteiger partial charge in [-0.25, -0.2) is 4.98 Å². The molecule has 0 fully saturated rings. The third-order valence-corrected chi connectivity index (χ3v) is 3.90. The van der Waals surface area contributed by atoms with Crippen LogP contribution in [0.4, 0.5) is 17.5 Å². The number of primary amides is 1. The molecule has 1 amide bonds. The van der Waals surface area contributed by atoms with Crippen LogP contribution >= 0.6 is 0 Å². The smallest absolute Gasteiger partial charge is 0.306 e. The van der Waals surface area contributed by atoms with E-state index < -0.39 is 16.0 Å². The first kappa shape index (κ1) is 19.4. The van der Waals surface area contributed by atoms with Gasteiger partial charge in [0.05, 0.1) is 11.8 Å². The molecule has 1 atom stereocenters. The monoisotopic (exact) mass is 379 g/mol. The fourth-order valence-corrected chi connectivity index (χ4v) is 2.43. The van der Waals surface area contributed by atoms with Crippen molar-refractivity contribution in [1.82, 2.24) is 9.97 Å². The van der Waals surface area contributed by atoms with Crippen molar-refractivity contribution in [3.8, 4) is 5.75 Å². The highest BCUT2D eigenvalue weighted by atomic mass is 32.2. The number of aromatic nitrogens is 2. The SMILES string of the molecule is CCC(C)Nc1nc(Nc2ccc(OS(C)(=O)=O)cc2)ncc1C(N)=O. The first-order valence-corrected chi connectivity index (χ1v) is 9.69. The average molecular weight is 379 g/mol. The van der Waals surface area contributed by atoms with Gasteiger partial charge in [-0.15, -0.1) is 0 Å². The van der Waals surface area contributed by atoms with E-state index in [4.69, 9.17) is 9.92 Å². The summed E-state index contributed by atoms with van der Waals surface area (Å²) in [5.74, 6) is 0.186. The van der Waals surface area contributed by atoms with E-state index >= 15 is 0 Å². The van der Waals surface area contributed by atoms with E-state index in [9.17, 15) is 13.2 Å². The molecule has 1 unspecified atom stereocenters. The van der Waals surface area contributed by atoms with Gasteiger partial charge in [-0.1, -0.05) is 6.92 Å². The molecule has 0 aliphatic carbocycles. The van der Waals surface area contributed by atoms with Gasteiger partial charge in [0.2, 0.25) is 5.95 Å². The number of rotatable bonds is 8. The topological polar surface area (TPSA) is 136 Å². The Kier molecular flexibility index (Phi) is 5.98. The quantitative estimate of drug-likeness (QED) is 0.591. The molecular weight excluding hydrogens is 358 g/mol. The van der Waals surface area contributed by atoms with Crippen molar-refractivity contribution in [3.63, 3.8) is 0 Å². The highest BCUT2D eigenvalue weighted by Gasteiger charge is 2.14. The molecule has 0 radical (unpaired) electrons. The number of benzene rings is 1. The van der Waals surface area contributed by atoms with E-state index in [1.54, 1.807) is 12.1 Å². The highest BCUT2D eigenvalue weighted by Crippen LogP contribution is 2.21. The number of anilines is 3. The fraction of sp³-hybridized carbons (Fsp3) is 0.312. The third kappa shape index (κ3) is 5.59. The molecule has 26 heavy (non-hydrogen) atoms. The van der Waals surface area contributed by atoms with Crippen LogP contribution in [0.25, 0.3) is 0 Å². The van der Waals surface area contributed by atoms with E-state index in [0.717, 1.165) is 12.7 Å². The minimum absolute atomic E-state index is 0.100. The van der Waals surface area contributed by atoms with Crippen LogP contribution in [0.2, 0.25) is 0 Å². The van der Waals surface area contributed by atoms with Gasteiger partial charge < -0.3 is 20.6 Å². The zero-order valence-corrected chi connectivity index (χ0v) is 15.5. The minimum atomic E-state index is -3.58. The Labute approximate surface area is 152 Å². The molecule has 1 heterocycles. The number of carbonyl (C=O) groups is 1. The minimum Gasteiger partial charge on any atom is -0.383 e. The lowest BCUT2D eigenvalue weighted by molar-refractivity contribution is 0.100. The first-order valence-electron chi connectivity index (χ1n) is 7.88. The number of carbonyl (C=O) groups excluding carboxylic acids is 1. The summed E-state index contributed by atoms with van der Waals surface area (Å²) in [5, 5.41) is 6.10. The van der Waals surface area contributed by atoms with Crippen molar-refractivity contribution >= 4 is 33.5 Å². The summed E-state index contributed by atoms with van der Waals surface area (Å²) in [6.45, 7) is 3.96. The molecule has 140 valence electrons. The van der Waals surface area contributed by atoms with Crippen molar-refractivity contribution in [2.45, 2.75) is 26.3 Å². The van der Waals surface area contributed by atoms with E-state index in [1.807, 2.05) is 13.8 Å². The normalized spacial score (nSPS) is 12.3. The first-order chi connectivity index (χ1) is 12.2. The van der Waals surface area contributed by atoms with Gasteiger partial charge in [0.15, 0.2) is 0 Å². The Hall–Kier alpha value is -2.88. The van der Waals surface area contributed by atoms with Crippen LogP contribution in [0.5, 0.6) is 5.75 Å². The van der Waals surface area contributed by atoms with Gasteiger partial charge in [0.25, 0.3) is 5.91 Å². The molecule has 1 aromatic carbocycles. The van der Waals surface area contributed by atoms with Crippen molar-refractivity contribution in [1.29, 1.82) is 0 Å². The summed E-state index contributed by atoms with van der Waals surface area (Å²) in [7, 11) is -3.58. The maximum Gasteiger partial charge on any atom is 0.306 e. The van der Waals surface area contributed by atoms with E-state index in [1.165, 1.54) is 18.3 Å². The number of hydrogen-bond acceptors (Lipinski definition) is 8. The molecule has 0 saturated heterocycles. The van der Waals surface area contributed by atoms with Crippen LogP contribution in [0.15, 0.2) is 30.5 Å². The third-order valence-electron chi connectivity index (χ3n) is 3.41. The van der Waals surface area contributed by atoms with Crippen molar-refractivity contribution < 1.29 is 17.4 Å². The molecule has 4 N–H and O–H groups in total. The number of nitrogens with two attached hydrogens (primary N) is 1. The maximum absolute atomic E-state index is 11.5. The van der Waals surface area contributed by atoms with E-state index in [0.29, 0.717) is 11.5 Å². The molecule has 0 spiro atoms. The molecular formula is C16H21N5O4S. The van der Waals surface area contributed by atoms with Gasteiger partial charge in [0, 0.05) is 17.9 Å². The van der Waals surface area contributed by atoms with Gasteiger partial charge >= 0.3 is 10.1 Å². The summed E-state index contributed by atoms with van der Waals surface area (Å²) < 4.78 is 27.0. The van der Waals surface area contributed by atoms with Crippen molar-refractivity contribution in [2.75, 3.05) is 16.9 Å². The molecule has 1 aromatic heterocycles. The lowest BCUT2D eigenvalue weighted by atomic mass is 10.2. The number of nitrogens with one attached hydrogen (secondary N) is 2. The van der Waals surface area contributed by atoms with E-state index in [2.05, 4.69) is 20.6 Å². The largest absolute Gasteiger partial charge is 0.383 e. The fourth-order valence-electron chi connectivity index (χ4n) is 1.97. The molecule has 0 aliphatic heterocycles. The lowest BCUT2D eigenvalue weighted by Gasteiger charge is -2.15. The Bertz CT molecular complexity index is 884. The molecule has 0 aliphatic rings. The predicted molar refractivity (Wildman–Crippen MR) is 99.1 cm³/mol. The van der Waals surface area contributed by atoms with Gasteiger partial charge in [-0.05, 0) is 37.6 Å². The van der Waals surface area contributed by atoms with Gasteiger partial charge in [-0.2, -0.15) is 13.4 Å². The van der Waals surface area contributed by atoms with Gasteiger partial charge in [-0.3, -0.25) is 4.79 Å². The van der Waals surface area contributed by atoms with Crippen LogP contribution in [0.1, 0.15) is 30.6 Å². The highest BCUT2D eigenvalue weighted by molar-refractivity contribution is 7.86. The Morgan fingerprint density at radius 1 is 1.31 bits per heavy atom. The molecule has 9 nitrogen and oxygen atoms in total. The zero-order valence-electron chi connectivity index (χ0n) is 14.7. The number of amides is 1. The molecule has 10 heteroatoms. The Balaban J connectivity index is 2.21. The molecule has 0 bridgehead atoms. The zero-order chi connectivity index (χ0) is 19.3. The van der Waals surface area contributed by atoms with Crippen molar-refractivity contribution in [2.24, 2.45) is 5.73 Å². The maximum atomic E-state index is 11.5. The second kappa shape index (κ2) is 8.00. The lowest BCUT2D eigenvalue weighted by Crippen LogP contribution is -2.21. The number of nitrogens with zero attached hydrogens (tertiary/aromatic N) is 2. The number of hydrogen-bond donors (Lipinski definition) is 3. The standard InChI is InChI=1S/C16H21N5O4S/c1-4-10(2)19-15-13(14(17)22)9-18-16(21-15)20-11-5-7-12(8-6-11)25-26(3,23)24/h5-10H,4H2,1-3H3,(H2,17,22)(H2,18,19,20,21). The van der Waals surface area contributed by atoms with Gasteiger partial charge in [0.1, 0.15) is 11.6 Å². The Morgan fingerprint density at radius 3 is 2.50 bits per heavy atom. The summed E-state index contributed by atoms with van der Waals surface area (Å²) in [6, 6.07) is 6.34. The Morgan fingerprint density at radius 2 is 1.96 bits per heavy atom. The molecule has 2 aromatic rings. The molecule has 2 rings (SSSR count). The summed E-state index contributed by atoms with van der Waals surface area (Å²) >= 11 is 0. The average Bonchev–Trinajstić information content (AvgIpc) is 2.55. The van der Waals surface area contributed by atoms with Crippen LogP contribution < -0.4 is 20.6 Å². The van der Waals surface area contributed by atoms with Crippen LogP contribution in [-0.2, 0) is 10.1 Å². The van der Waals surface area contributed by atoms with Crippen LogP contribution in [0.3, 0.4) is 0 Å². The second-order valence-corrected chi connectivity index (χ2v) is 7.29. The summed E-state index contributed by atoms with van der Waals surface area (Å²) in [4.78, 5) is 19.9. The summed E-state index contributed by atoms with van der Waals surface area (Å²) in [6.07, 6.45) is 3.16. The molecule has 0 saturated carbocycles. The van der Waals surface area contributed by atoms with Crippen LogP contribution in [0, 0.1) is 0 Å².